The maximum atomic E-state index is 12.6. The summed E-state index contributed by atoms with van der Waals surface area (Å²) in [6.07, 6.45) is 0. The molecule has 3 amide bonds. The van der Waals surface area contributed by atoms with E-state index in [9.17, 15) is 14.4 Å². The van der Waals surface area contributed by atoms with Crippen molar-refractivity contribution >= 4 is 29.3 Å². The lowest BCUT2D eigenvalue weighted by molar-refractivity contribution is -0.134. The van der Waals surface area contributed by atoms with E-state index in [0.717, 1.165) is 0 Å². The average Bonchev–Trinajstić information content (AvgIpc) is 2.61. The van der Waals surface area contributed by atoms with E-state index >= 15 is 0 Å². The SMILES string of the molecule is CC(C)NC(=O)CN1CCN(C(=O)C(C)NC(=O)c2ccccc2Cl)CC1. The lowest BCUT2D eigenvalue weighted by Crippen LogP contribution is -2.55. The van der Waals surface area contributed by atoms with Crippen LogP contribution in [0.1, 0.15) is 31.1 Å². The van der Waals surface area contributed by atoms with Gasteiger partial charge in [-0.3, -0.25) is 19.3 Å². The first-order chi connectivity index (χ1) is 12.8. The summed E-state index contributed by atoms with van der Waals surface area (Å²) < 4.78 is 0. The first-order valence-corrected chi connectivity index (χ1v) is 9.51. The topological polar surface area (TPSA) is 81.8 Å². The summed E-state index contributed by atoms with van der Waals surface area (Å²) in [4.78, 5) is 40.5. The van der Waals surface area contributed by atoms with E-state index in [1.165, 1.54) is 0 Å². The number of piperazine rings is 1. The minimum absolute atomic E-state index is 0.00912. The number of nitrogens with one attached hydrogen (secondary N) is 2. The van der Waals surface area contributed by atoms with Gasteiger partial charge in [-0.1, -0.05) is 23.7 Å². The molecule has 1 aliphatic rings. The van der Waals surface area contributed by atoms with Crippen LogP contribution in [0.15, 0.2) is 24.3 Å². The van der Waals surface area contributed by atoms with Crippen LogP contribution in [0.2, 0.25) is 5.02 Å². The van der Waals surface area contributed by atoms with E-state index in [-0.39, 0.29) is 23.8 Å². The molecule has 2 rings (SSSR count). The molecule has 0 saturated carbocycles. The third kappa shape index (κ3) is 6.22. The Hall–Kier alpha value is -2.12. The van der Waals surface area contributed by atoms with Gasteiger partial charge in [-0.2, -0.15) is 0 Å². The van der Waals surface area contributed by atoms with Crippen LogP contribution in [-0.4, -0.2) is 72.3 Å². The monoisotopic (exact) mass is 394 g/mol. The van der Waals surface area contributed by atoms with Crippen molar-refractivity contribution in [1.82, 2.24) is 20.4 Å². The largest absolute Gasteiger partial charge is 0.353 e. The Bertz CT molecular complexity index is 687. The molecule has 0 aliphatic carbocycles. The molecule has 1 aromatic carbocycles. The van der Waals surface area contributed by atoms with E-state index < -0.39 is 6.04 Å². The molecule has 1 aromatic rings. The number of hydrogen-bond acceptors (Lipinski definition) is 4. The highest BCUT2D eigenvalue weighted by atomic mass is 35.5. The standard InChI is InChI=1S/C19H27ClN4O3/c1-13(2)21-17(25)12-23-8-10-24(11-9-23)19(27)14(3)22-18(26)15-6-4-5-7-16(15)20/h4-7,13-14H,8-12H2,1-3H3,(H,21,25)(H,22,26). The quantitative estimate of drug-likeness (QED) is 0.757. The Balaban J connectivity index is 1.82. The highest BCUT2D eigenvalue weighted by molar-refractivity contribution is 6.33. The molecule has 0 spiro atoms. The molecule has 7 nitrogen and oxygen atoms in total. The van der Waals surface area contributed by atoms with Crippen LogP contribution in [0, 0.1) is 0 Å². The van der Waals surface area contributed by atoms with Gasteiger partial charge in [-0.05, 0) is 32.9 Å². The maximum absolute atomic E-state index is 12.6. The molecule has 0 radical (unpaired) electrons. The van der Waals surface area contributed by atoms with Crippen LogP contribution in [0.4, 0.5) is 0 Å². The number of rotatable bonds is 6. The normalized spacial score (nSPS) is 16.1. The fourth-order valence-corrected chi connectivity index (χ4v) is 3.17. The molecule has 148 valence electrons. The highest BCUT2D eigenvalue weighted by Gasteiger charge is 2.27. The van der Waals surface area contributed by atoms with E-state index in [1.807, 2.05) is 18.7 Å². The van der Waals surface area contributed by atoms with Gasteiger partial charge in [0.15, 0.2) is 0 Å². The predicted octanol–water partition coefficient (Wildman–Crippen LogP) is 1.13. The number of nitrogens with zero attached hydrogens (tertiary/aromatic N) is 2. The van der Waals surface area contributed by atoms with Gasteiger partial charge in [0.1, 0.15) is 6.04 Å². The number of halogens is 1. The van der Waals surface area contributed by atoms with Crippen LogP contribution in [0.5, 0.6) is 0 Å². The molecule has 8 heteroatoms. The number of carbonyl (C=O) groups excluding carboxylic acids is 3. The summed E-state index contributed by atoms with van der Waals surface area (Å²) >= 11 is 6.03. The maximum Gasteiger partial charge on any atom is 0.253 e. The molecular weight excluding hydrogens is 368 g/mol. The smallest absolute Gasteiger partial charge is 0.253 e. The number of carbonyl (C=O) groups is 3. The van der Waals surface area contributed by atoms with Gasteiger partial charge in [0.25, 0.3) is 5.91 Å². The molecule has 1 atom stereocenters. The molecule has 1 heterocycles. The first kappa shape index (κ1) is 21.2. The Morgan fingerprint density at radius 1 is 1.04 bits per heavy atom. The third-order valence-electron chi connectivity index (χ3n) is 4.34. The zero-order valence-corrected chi connectivity index (χ0v) is 16.8. The summed E-state index contributed by atoms with van der Waals surface area (Å²) in [5.74, 6) is -0.516. The predicted molar refractivity (Wildman–Crippen MR) is 105 cm³/mol. The van der Waals surface area contributed by atoms with Crippen molar-refractivity contribution in [2.45, 2.75) is 32.9 Å². The molecule has 1 aliphatic heterocycles. The van der Waals surface area contributed by atoms with Gasteiger partial charge < -0.3 is 15.5 Å². The van der Waals surface area contributed by atoms with E-state index in [2.05, 4.69) is 10.6 Å². The van der Waals surface area contributed by atoms with Crippen molar-refractivity contribution < 1.29 is 14.4 Å². The van der Waals surface area contributed by atoms with Crippen molar-refractivity contribution in [3.63, 3.8) is 0 Å². The molecule has 1 fully saturated rings. The second-order valence-electron chi connectivity index (χ2n) is 7.00. The van der Waals surface area contributed by atoms with Gasteiger partial charge in [-0.15, -0.1) is 0 Å². The van der Waals surface area contributed by atoms with Crippen molar-refractivity contribution in [3.8, 4) is 0 Å². The van der Waals surface area contributed by atoms with Gasteiger partial charge in [-0.25, -0.2) is 0 Å². The molecule has 1 saturated heterocycles. The summed E-state index contributed by atoms with van der Waals surface area (Å²) in [6, 6.07) is 6.19. The summed E-state index contributed by atoms with van der Waals surface area (Å²) in [5, 5.41) is 5.92. The Morgan fingerprint density at radius 2 is 1.67 bits per heavy atom. The van der Waals surface area contributed by atoms with Crippen LogP contribution in [0.25, 0.3) is 0 Å². The van der Waals surface area contributed by atoms with Crippen LogP contribution in [0.3, 0.4) is 0 Å². The molecule has 0 bridgehead atoms. The van der Waals surface area contributed by atoms with Crippen LogP contribution >= 0.6 is 11.6 Å². The fourth-order valence-electron chi connectivity index (χ4n) is 2.95. The zero-order valence-electron chi connectivity index (χ0n) is 16.0. The summed E-state index contributed by atoms with van der Waals surface area (Å²) in [7, 11) is 0. The van der Waals surface area contributed by atoms with E-state index in [4.69, 9.17) is 11.6 Å². The van der Waals surface area contributed by atoms with Crippen molar-refractivity contribution in [2.24, 2.45) is 0 Å². The second-order valence-corrected chi connectivity index (χ2v) is 7.41. The number of amides is 3. The number of benzene rings is 1. The van der Waals surface area contributed by atoms with Gasteiger partial charge >= 0.3 is 0 Å². The minimum atomic E-state index is -0.649. The van der Waals surface area contributed by atoms with Crippen molar-refractivity contribution in [2.75, 3.05) is 32.7 Å². The fraction of sp³-hybridized carbons (Fsp3) is 0.526. The van der Waals surface area contributed by atoms with Gasteiger partial charge in [0, 0.05) is 32.2 Å². The van der Waals surface area contributed by atoms with Crippen molar-refractivity contribution in [3.05, 3.63) is 34.9 Å². The second kappa shape index (κ2) is 9.71. The van der Waals surface area contributed by atoms with Crippen molar-refractivity contribution in [1.29, 1.82) is 0 Å². The lowest BCUT2D eigenvalue weighted by Gasteiger charge is -2.35. The van der Waals surface area contributed by atoms with Gasteiger partial charge in [0.2, 0.25) is 11.8 Å². The highest BCUT2D eigenvalue weighted by Crippen LogP contribution is 2.15. The summed E-state index contributed by atoms with van der Waals surface area (Å²) in [5.41, 5.74) is 0.347. The minimum Gasteiger partial charge on any atom is -0.353 e. The Kier molecular flexibility index (Phi) is 7.62. The molecule has 27 heavy (non-hydrogen) atoms. The molecule has 2 N–H and O–H groups in total. The zero-order chi connectivity index (χ0) is 20.0. The van der Waals surface area contributed by atoms with Crippen LogP contribution < -0.4 is 10.6 Å². The Morgan fingerprint density at radius 3 is 2.26 bits per heavy atom. The molecule has 1 unspecified atom stereocenters. The van der Waals surface area contributed by atoms with Crippen LogP contribution in [-0.2, 0) is 9.59 Å². The first-order valence-electron chi connectivity index (χ1n) is 9.14. The Labute approximate surface area is 165 Å². The van der Waals surface area contributed by atoms with E-state index in [0.29, 0.717) is 43.3 Å². The van der Waals surface area contributed by atoms with E-state index in [1.54, 1.807) is 36.1 Å². The number of hydrogen-bond donors (Lipinski definition) is 2. The summed E-state index contributed by atoms with van der Waals surface area (Å²) in [6.45, 7) is 8.16. The third-order valence-corrected chi connectivity index (χ3v) is 4.67. The lowest BCUT2D eigenvalue weighted by atomic mass is 10.2. The van der Waals surface area contributed by atoms with Gasteiger partial charge in [0.05, 0.1) is 17.1 Å². The molecule has 0 aromatic heterocycles. The molecular formula is C19H27ClN4O3. The average molecular weight is 395 g/mol.